The van der Waals surface area contributed by atoms with Crippen LogP contribution in [0.4, 0.5) is 0 Å². The first-order chi connectivity index (χ1) is 6.20. The van der Waals surface area contributed by atoms with Crippen molar-refractivity contribution in [1.29, 1.82) is 0 Å². The van der Waals surface area contributed by atoms with E-state index >= 15 is 0 Å². The fraction of sp³-hybridized carbons (Fsp3) is 1.00. The van der Waals surface area contributed by atoms with Crippen LogP contribution in [0.15, 0.2) is 0 Å². The summed E-state index contributed by atoms with van der Waals surface area (Å²) >= 11 is 0. The molecule has 13 heavy (non-hydrogen) atoms. The van der Waals surface area contributed by atoms with Gasteiger partial charge in [-0.25, -0.2) is 0 Å². The summed E-state index contributed by atoms with van der Waals surface area (Å²) in [4.78, 5) is 0. The standard InChI is InChI=1S/C5H12B4O4/c6-8-10-1-5(2-11-8)3-12-9(7)13-4-5/h1-4,6-7H2. The number of hydrogen-bond acceptors (Lipinski definition) is 4. The van der Waals surface area contributed by atoms with Crippen molar-refractivity contribution in [3.05, 3.63) is 0 Å². The van der Waals surface area contributed by atoms with Gasteiger partial charge in [0.15, 0.2) is 15.5 Å². The molecule has 0 saturated carbocycles. The molecule has 68 valence electrons. The predicted octanol–water partition coefficient (Wildman–Crippen LogP) is -2.70. The van der Waals surface area contributed by atoms with Crippen molar-refractivity contribution < 1.29 is 18.6 Å². The lowest BCUT2D eigenvalue weighted by Crippen LogP contribution is -2.54. The smallest absolute Gasteiger partial charge is 0.397 e. The predicted molar refractivity (Wildman–Crippen MR) is 54.8 cm³/mol. The minimum atomic E-state index is -0.0926. The minimum absolute atomic E-state index is 0.0704. The van der Waals surface area contributed by atoms with E-state index in [1.807, 2.05) is 15.5 Å². The molecule has 0 aromatic heterocycles. The summed E-state index contributed by atoms with van der Waals surface area (Å²) in [6, 6.07) is 0. The second-order valence-electron chi connectivity index (χ2n) is 3.88. The summed E-state index contributed by atoms with van der Waals surface area (Å²) in [5.74, 6) is 0. The van der Waals surface area contributed by atoms with Crippen LogP contribution in [0.1, 0.15) is 0 Å². The van der Waals surface area contributed by atoms with Crippen LogP contribution in [0.5, 0.6) is 0 Å². The Kier molecular flexibility index (Phi) is 2.74. The molecule has 0 aromatic rings. The largest absolute Gasteiger partial charge is 0.417 e. The molecule has 2 rings (SSSR count). The van der Waals surface area contributed by atoms with Crippen LogP contribution in [0, 0.1) is 5.41 Å². The zero-order valence-corrected chi connectivity index (χ0v) is 8.12. The van der Waals surface area contributed by atoms with Gasteiger partial charge in [-0.1, -0.05) is 0 Å². The Labute approximate surface area is 80.7 Å². The molecule has 1 spiro atoms. The van der Waals surface area contributed by atoms with Gasteiger partial charge in [0.05, 0.1) is 5.41 Å². The van der Waals surface area contributed by atoms with Crippen LogP contribution in [0.25, 0.3) is 0 Å². The highest BCUT2D eigenvalue weighted by molar-refractivity contribution is 6.95. The van der Waals surface area contributed by atoms with Crippen molar-refractivity contribution >= 4 is 29.5 Å². The lowest BCUT2D eigenvalue weighted by Gasteiger charge is -2.42. The highest BCUT2D eigenvalue weighted by Crippen LogP contribution is 2.27. The van der Waals surface area contributed by atoms with Gasteiger partial charge < -0.3 is 18.6 Å². The minimum Gasteiger partial charge on any atom is -0.417 e. The normalized spacial score (nSPS) is 28.0. The molecule has 0 radical (unpaired) electrons. The molecule has 0 N–H and O–H groups in total. The van der Waals surface area contributed by atoms with Crippen molar-refractivity contribution in [3.63, 3.8) is 0 Å². The van der Waals surface area contributed by atoms with Crippen molar-refractivity contribution in [1.82, 2.24) is 0 Å². The average molecular weight is 179 g/mol. The topological polar surface area (TPSA) is 36.9 Å². The molecule has 0 unspecified atom stereocenters. The van der Waals surface area contributed by atoms with Crippen molar-refractivity contribution in [3.8, 4) is 0 Å². The Bertz CT molecular complexity index is 152. The van der Waals surface area contributed by atoms with Gasteiger partial charge in [-0.2, -0.15) is 0 Å². The molecule has 2 aliphatic rings. The molecule has 8 heteroatoms. The van der Waals surface area contributed by atoms with Crippen molar-refractivity contribution in [2.75, 3.05) is 26.4 Å². The summed E-state index contributed by atoms with van der Waals surface area (Å²) in [5, 5.41) is 0. The van der Waals surface area contributed by atoms with E-state index in [1.165, 1.54) is 0 Å². The number of rotatable bonds is 0. The third-order valence-electron chi connectivity index (χ3n) is 2.50. The van der Waals surface area contributed by atoms with Crippen LogP contribution in [0.3, 0.4) is 0 Å². The van der Waals surface area contributed by atoms with Gasteiger partial charge in [-0.05, 0) is 0 Å². The summed E-state index contributed by atoms with van der Waals surface area (Å²) in [6.07, 6.45) is 0. The van der Waals surface area contributed by atoms with Gasteiger partial charge in [0, 0.05) is 26.4 Å². The Morgan fingerprint density at radius 2 is 1.08 bits per heavy atom. The second-order valence-corrected chi connectivity index (χ2v) is 3.88. The highest BCUT2D eigenvalue weighted by Gasteiger charge is 2.41. The van der Waals surface area contributed by atoms with Gasteiger partial charge in [-0.15, -0.1) is 0 Å². The van der Waals surface area contributed by atoms with Crippen LogP contribution in [-0.4, -0.2) is 55.9 Å². The lowest BCUT2D eigenvalue weighted by atomic mass is 9.60. The summed E-state index contributed by atoms with van der Waals surface area (Å²) < 4.78 is 21.7. The zero-order chi connectivity index (χ0) is 9.31. The molecular weight excluding hydrogens is 167 g/mol. The van der Waals surface area contributed by atoms with Gasteiger partial charge in [0.2, 0.25) is 0 Å². The zero-order valence-electron chi connectivity index (χ0n) is 8.12. The Hall–Kier alpha value is 0.0997. The van der Waals surface area contributed by atoms with Crippen LogP contribution in [-0.2, 0) is 18.6 Å². The molecular formula is C5H12B4O4. The van der Waals surface area contributed by atoms with Crippen LogP contribution < -0.4 is 0 Å². The van der Waals surface area contributed by atoms with Crippen LogP contribution in [0.2, 0.25) is 0 Å². The maximum Gasteiger partial charge on any atom is 0.397 e. The summed E-state index contributed by atoms with van der Waals surface area (Å²) in [5.41, 5.74) is -0.0704. The maximum absolute atomic E-state index is 5.42. The Balaban J connectivity index is 1.90. The van der Waals surface area contributed by atoms with Gasteiger partial charge in [0.1, 0.15) is 0 Å². The molecule has 0 bridgehead atoms. The summed E-state index contributed by atoms with van der Waals surface area (Å²) in [7, 11) is 3.62. The fourth-order valence-corrected chi connectivity index (χ4v) is 1.52. The molecule has 0 atom stereocenters. The van der Waals surface area contributed by atoms with Gasteiger partial charge >= 0.3 is 14.0 Å². The molecule has 0 amide bonds. The molecule has 4 nitrogen and oxygen atoms in total. The third-order valence-corrected chi connectivity index (χ3v) is 2.50. The SMILES string of the molecule is BB1OCC2(CO1)COB(B)OC2. The molecule has 2 aliphatic heterocycles. The van der Waals surface area contributed by atoms with Gasteiger partial charge in [0.25, 0.3) is 0 Å². The summed E-state index contributed by atoms with van der Waals surface area (Å²) in [6.45, 7) is 2.67. The van der Waals surface area contributed by atoms with E-state index < -0.39 is 0 Å². The Morgan fingerprint density at radius 3 is 1.38 bits per heavy atom. The van der Waals surface area contributed by atoms with E-state index in [0.29, 0.717) is 26.4 Å². The van der Waals surface area contributed by atoms with Crippen molar-refractivity contribution in [2.24, 2.45) is 5.41 Å². The molecule has 0 aliphatic carbocycles. The van der Waals surface area contributed by atoms with E-state index in [0.717, 1.165) is 0 Å². The second kappa shape index (κ2) is 3.69. The van der Waals surface area contributed by atoms with E-state index in [9.17, 15) is 0 Å². The molecule has 2 saturated heterocycles. The monoisotopic (exact) mass is 180 g/mol. The highest BCUT2D eigenvalue weighted by atomic mass is 16.6. The van der Waals surface area contributed by atoms with Crippen molar-refractivity contribution in [2.45, 2.75) is 0 Å². The fourth-order valence-electron chi connectivity index (χ4n) is 1.52. The first kappa shape index (κ1) is 9.65. The molecule has 2 fully saturated rings. The van der Waals surface area contributed by atoms with E-state index in [1.54, 1.807) is 0 Å². The average Bonchev–Trinajstić information content (AvgIpc) is 2.16. The molecule has 2 heterocycles. The lowest BCUT2D eigenvalue weighted by molar-refractivity contribution is -0.0758. The first-order valence-electron chi connectivity index (χ1n) is 4.67. The first-order valence-corrected chi connectivity index (χ1v) is 4.67. The van der Waals surface area contributed by atoms with Crippen LogP contribution >= 0.6 is 0 Å². The third kappa shape index (κ3) is 2.13. The van der Waals surface area contributed by atoms with E-state index in [4.69, 9.17) is 18.6 Å². The van der Waals surface area contributed by atoms with Gasteiger partial charge in [-0.3, -0.25) is 0 Å². The molecule has 0 aromatic carbocycles. The van der Waals surface area contributed by atoms with E-state index in [2.05, 4.69) is 0 Å². The quantitative estimate of drug-likeness (QED) is 0.379. The number of hydrogen-bond donors (Lipinski definition) is 0. The maximum atomic E-state index is 5.42. The Morgan fingerprint density at radius 1 is 0.769 bits per heavy atom. The van der Waals surface area contributed by atoms with E-state index in [-0.39, 0.29) is 19.4 Å².